The first kappa shape index (κ1) is 15.3. The van der Waals surface area contributed by atoms with Crippen molar-refractivity contribution in [3.63, 3.8) is 0 Å². The summed E-state index contributed by atoms with van der Waals surface area (Å²) in [5.41, 5.74) is 0.562. The van der Waals surface area contributed by atoms with Crippen LogP contribution in [0.25, 0.3) is 0 Å². The maximum absolute atomic E-state index is 12.3. The Morgan fingerprint density at radius 3 is 2.55 bits per heavy atom. The van der Waals surface area contributed by atoms with Gasteiger partial charge in [-0.3, -0.25) is 4.79 Å². The van der Waals surface area contributed by atoms with E-state index in [1.54, 1.807) is 29.2 Å². The van der Waals surface area contributed by atoms with Crippen LogP contribution in [-0.2, 0) is 10.0 Å². The van der Waals surface area contributed by atoms with E-state index >= 15 is 0 Å². The Kier molecular flexibility index (Phi) is 4.67. The number of carbonyl (C=O) groups excluding carboxylic acids is 1. The van der Waals surface area contributed by atoms with Crippen molar-refractivity contribution in [1.29, 1.82) is 0 Å². The van der Waals surface area contributed by atoms with Gasteiger partial charge in [0.25, 0.3) is 5.91 Å². The molecular formula is C13H17ClN2O3S. The molecule has 0 spiro atoms. The number of hydrogen-bond acceptors (Lipinski definition) is 3. The fourth-order valence-electron chi connectivity index (χ4n) is 2.31. The minimum Gasteiger partial charge on any atom is -0.339 e. The molecule has 1 amide bonds. The smallest absolute Gasteiger partial charge is 0.253 e. The summed E-state index contributed by atoms with van der Waals surface area (Å²) >= 11 is 5.88. The molecule has 0 bridgehead atoms. The summed E-state index contributed by atoms with van der Waals surface area (Å²) in [6.45, 7) is 1.08. The average molecular weight is 317 g/mol. The number of carbonyl (C=O) groups is 1. The number of sulfonamides is 1. The van der Waals surface area contributed by atoms with E-state index in [9.17, 15) is 13.2 Å². The van der Waals surface area contributed by atoms with Gasteiger partial charge in [-0.25, -0.2) is 13.1 Å². The van der Waals surface area contributed by atoms with Crippen molar-refractivity contribution >= 4 is 27.5 Å². The van der Waals surface area contributed by atoms with Crippen LogP contribution in [0.4, 0.5) is 0 Å². The first-order chi connectivity index (χ1) is 9.35. The predicted octanol–water partition coefficient (Wildman–Crippen LogP) is 1.49. The molecule has 1 saturated heterocycles. The van der Waals surface area contributed by atoms with Gasteiger partial charge in [-0.15, -0.1) is 0 Å². The maximum atomic E-state index is 12.3. The first-order valence-electron chi connectivity index (χ1n) is 6.37. The highest BCUT2D eigenvalue weighted by molar-refractivity contribution is 7.88. The van der Waals surface area contributed by atoms with E-state index in [4.69, 9.17) is 11.6 Å². The highest BCUT2D eigenvalue weighted by Crippen LogP contribution is 2.17. The van der Waals surface area contributed by atoms with Gasteiger partial charge in [-0.05, 0) is 31.0 Å². The lowest BCUT2D eigenvalue weighted by molar-refractivity contribution is 0.0711. The summed E-state index contributed by atoms with van der Waals surface area (Å²) < 4.78 is 24.9. The third-order valence-electron chi connectivity index (χ3n) is 3.23. The third kappa shape index (κ3) is 4.19. The lowest BCUT2D eigenvalue weighted by atomic mass is 10.0. The Labute approximate surface area is 124 Å². The molecule has 7 heteroatoms. The molecule has 1 aliphatic rings. The van der Waals surface area contributed by atoms with E-state index in [1.165, 1.54) is 0 Å². The van der Waals surface area contributed by atoms with Crippen LogP contribution in [-0.4, -0.2) is 44.6 Å². The van der Waals surface area contributed by atoms with Gasteiger partial charge < -0.3 is 4.90 Å². The minimum atomic E-state index is -3.19. The minimum absolute atomic E-state index is 0.0645. The van der Waals surface area contributed by atoms with E-state index in [0.29, 0.717) is 36.5 Å². The lowest BCUT2D eigenvalue weighted by Gasteiger charge is -2.32. The lowest BCUT2D eigenvalue weighted by Crippen LogP contribution is -2.46. The predicted molar refractivity (Wildman–Crippen MR) is 78.4 cm³/mol. The zero-order chi connectivity index (χ0) is 14.8. The zero-order valence-corrected chi connectivity index (χ0v) is 12.7. The van der Waals surface area contributed by atoms with Crippen molar-refractivity contribution in [2.75, 3.05) is 19.3 Å². The van der Waals surface area contributed by atoms with Crippen molar-refractivity contribution < 1.29 is 13.2 Å². The van der Waals surface area contributed by atoms with Gasteiger partial charge in [0.15, 0.2) is 0 Å². The second-order valence-electron chi connectivity index (χ2n) is 4.97. The van der Waals surface area contributed by atoms with Crippen molar-refractivity contribution in [2.24, 2.45) is 0 Å². The van der Waals surface area contributed by atoms with Crippen molar-refractivity contribution in [1.82, 2.24) is 9.62 Å². The molecule has 0 unspecified atom stereocenters. The van der Waals surface area contributed by atoms with Gasteiger partial charge in [-0.1, -0.05) is 17.7 Å². The number of rotatable bonds is 3. The molecule has 0 atom stereocenters. The number of piperidine rings is 1. The number of likely N-dealkylation sites (tertiary alicyclic amines) is 1. The van der Waals surface area contributed by atoms with Crippen LogP contribution in [0.15, 0.2) is 24.3 Å². The molecule has 110 valence electrons. The number of nitrogens with one attached hydrogen (secondary N) is 1. The Balaban J connectivity index is 1.95. The molecule has 1 aliphatic heterocycles. The van der Waals surface area contributed by atoms with Crippen LogP contribution in [0.5, 0.6) is 0 Å². The van der Waals surface area contributed by atoms with Gasteiger partial charge in [-0.2, -0.15) is 0 Å². The Bertz CT molecular complexity index is 595. The quantitative estimate of drug-likeness (QED) is 0.919. The zero-order valence-electron chi connectivity index (χ0n) is 11.2. The summed E-state index contributed by atoms with van der Waals surface area (Å²) in [5, 5.41) is 0.532. The molecule has 1 fully saturated rings. The molecule has 0 saturated carbocycles. The molecular weight excluding hydrogens is 300 g/mol. The summed E-state index contributed by atoms with van der Waals surface area (Å²) in [6.07, 6.45) is 2.40. The van der Waals surface area contributed by atoms with Crippen molar-refractivity contribution in [3.05, 3.63) is 34.9 Å². The van der Waals surface area contributed by atoms with Crippen LogP contribution in [0, 0.1) is 0 Å². The van der Waals surface area contributed by atoms with E-state index in [0.717, 1.165) is 6.26 Å². The molecule has 20 heavy (non-hydrogen) atoms. The number of hydrogen-bond donors (Lipinski definition) is 1. The van der Waals surface area contributed by atoms with Crippen molar-refractivity contribution in [3.8, 4) is 0 Å². The fourth-order valence-corrected chi connectivity index (χ4v) is 3.34. The first-order valence-corrected chi connectivity index (χ1v) is 8.64. The van der Waals surface area contributed by atoms with Crippen LogP contribution in [0.1, 0.15) is 23.2 Å². The molecule has 0 aromatic heterocycles. The molecule has 1 N–H and O–H groups in total. The van der Waals surface area contributed by atoms with Crippen LogP contribution < -0.4 is 4.72 Å². The Morgan fingerprint density at radius 2 is 2.00 bits per heavy atom. The number of benzene rings is 1. The summed E-state index contributed by atoms with van der Waals surface area (Å²) in [6, 6.07) is 6.75. The maximum Gasteiger partial charge on any atom is 0.253 e. The van der Waals surface area contributed by atoms with Gasteiger partial charge in [0.1, 0.15) is 0 Å². The van der Waals surface area contributed by atoms with Crippen molar-refractivity contribution in [2.45, 2.75) is 18.9 Å². The summed E-state index contributed by atoms with van der Waals surface area (Å²) in [7, 11) is -3.19. The second-order valence-corrected chi connectivity index (χ2v) is 7.18. The van der Waals surface area contributed by atoms with Gasteiger partial charge in [0, 0.05) is 29.7 Å². The summed E-state index contributed by atoms with van der Waals surface area (Å²) in [5.74, 6) is -0.0645. The third-order valence-corrected chi connectivity index (χ3v) is 4.23. The summed E-state index contributed by atoms with van der Waals surface area (Å²) in [4.78, 5) is 14.0. The average Bonchev–Trinajstić information content (AvgIpc) is 2.37. The molecule has 1 heterocycles. The molecule has 0 aliphatic carbocycles. The topological polar surface area (TPSA) is 66.5 Å². The Morgan fingerprint density at radius 1 is 1.35 bits per heavy atom. The second kappa shape index (κ2) is 6.11. The largest absolute Gasteiger partial charge is 0.339 e. The molecule has 5 nitrogen and oxygen atoms in total. The molecule has 1 aromatic rings. The number of amides is 1. The standard InChI is InChI=1S/C13H17ClN2O3S/c1-20(18,19)15-12-5-7-16(8-6-12)13(17)10-3-2-4-11(14)9-10/h2-4,9,12,15H,5-8H2,1H3. The fraction of sp³-hybridized carbons (Fsp3) is 0.462. The monoisotopic (exact) mass is 316 g/mol. The number of halogens is 1. The van der Waals surface area contributed by atoms with Gasteiger partial charge in [0.05, 0.1) is 6.26 Å². The van der Waals surface area contributed by atoms with E-state index in [1.807, 2.05) is 0 Å². The molecule has 1 aromatic carbocycles. The van der Waals surface area contributed by atoms with E-state index in [2.05, 4.69) is 4.72 Å². The SMILES string of the molecule is CS(=O)(=O)NC1CCN(C(=O)c2cccc(Cl)c2)CC1. The Hall–Kier alpha value is -1.11. The van der Waals surface area contributed by atoms with Crippen LogP contribution >= 0.6 is 11.6 Å². The van der Waals surface area contributed by atoms with Gasteiger partial charge in [0.2, 0.25) is 10.0 Å². The normalized spacial score (nSPS) is 17.2. The van der Waals surface area contributed by atoms with Crippen LogP contribution in [0.2, 0.25) is 5.02 Å². The van der Waals surface area contributed by atoms with Crippen LogP contribution in [0.3, 0.4) is 0 Å². The van der Waals surface area contributed by atoms with E-state index < -0.39 is 10.0 Å². The highest BCUT2D eigenvalue weighted by atomic mass is 35.5. The number of nitrogens with zero attached hydrogens (tertiary/aromatic N) is 1. The molecule has 0 radical (unpaired) electrons. The molecule has 2 rings (SSSR count). The highest BCUT2D eigenvalue weighted by Gasteiger charge is 2.25. The van der Waals surface area contributed by atoms with Gasteiger partial charge >= 0.3 is 0 Å². The van der Waals surface area contributed by atoms with E-state index in [-0.39, 0.29) is 11.9 Å².